The van der Waals surface area contributed by atoms with E-state index in [4.69, 9.17) is 0 Å². The van der Waals surface area contributed by atoms with Gasteiger partial charge in [0.1, 0.15) is 6.04 Å². The molecule has 2 saturated carbocycles. The van der Waals surface area contributed by atoms with E-state index in [1.54, 1.807) is 0 Å². The van der Waals surface area contributed by atoms with E-state index >= 15 is 0 Å². The van der Waals surface area contributed by atoms with Crippen LogP contribution in [-0.4, -0.2) is 28.7 Å². The standard InChI is InChI=1S/C27H26N2O3/c1-15-7-9-17(10-8-15)28-25(30)22(13-16-5-3-2-4-6-16)29-26(31)23-18-11-12-19(21-14-20(18)21)24(23)27(29)32/h2-12,18-24H,13-14H2,1H3,(H,28,30)/t18-,19-,20-,21-,22-,23-,24+/m1/s1. The van der Waals surface area contributed by atoms with Crippen LogP contribution in [0.25, 0.3) is 0 Å². The summed E-state index contributed by atoms with van der Waals surface area (Å²) in [7, 11) is 0. The van der Waals surface area contributed by atoms with Gasteiger partial charge in [0.05, 0.1) is 11.8 Å². The van der Waals surface area contributed by atoms with Crippen molar-refractivity contribution in [3.8, 4) is 0 Å². The lowest BCUT2D eigenvalue weighted by Crippen LogP contribution is -2.49. The monoisotopic (exact) mass is 426 g/mol. The summed E-state index contributed by atoms with van der Waals surface area (Å²) in [5, 5.41) is 2.94. The topological polar surface area (TPSA) is 66.5 Å². The quantitative estimate of drug-likeness (QED) is 0.587. The molecule has 32 heavy (non-hydrogen) atoms. The Morgan fingerprint density at radius 2 is 1.53 bits per heavy atom. The molecule has 5 aliphatic rings. The maximum absolute atomic E-state index is 13.6. The summed E-state index contributed by atoms with van der Waals surface area (Å²) in [5.41, 5.74) is 2.69. The van der Waals surface area contributed by atoms with Crippen LogP contribution >= 0.6 is 0 Å². The molecule has 0 radical (unpaired) electrons. The van der Waals surface area contributed by atoms with Crippen molar-refractivity contribution in [2.24, 2.45) is 35.5 Å². The van der Waals surface area contributed by atoms with Crippen molar-refractivity contribution in [1.29, 1.82) is 0 Å². The molecule has 1 aliphatic heterocycles. The maximum Gasteiger partial charge on any atom is 0.248 e. The van der Waals surface area contributed by atoms with Crippen molar-refractivity contribution in [3.05, 3.63) is 77.9 Å². The predicted molar refractivity (Wildman–Crippen MR) is 120 cm³/mol. The fourth-order valence-electron chi connectivity index (χ4n) is 6.29. The molecule has 162 valence electrons. The highest BCUT2D eigenvalue weighted by Crippen LogP contribution is 2.65. The number of benzene rings is 2. The molecule has 0 spiro atoms. The number of carbonyl (C=O) groups excluding carboxylic acids is 3. The molecule has 0 unspecified atom stereocenters. The van der Waals surface area contributed by atoms with E-state index in [0.29, 0.717) is 23.9 Å². The molecular formula is C27H26N2O3. The van der Waals surface area contributed by atoms with Crippen molar-refractivity contribution in [2.75, 3.05) is 5.32 Å². The minimum Gasteiger partial charge on any atom is -0.324 e. The van der Waals surface area contributed by atoms with Crippen molar-refractivity contribution < 1.29 is 14.4 Å². The number of allylic oxidation sites excluding steroid dienone is 2. The fraction of sp³-hybridized carbons (Fsp3) is 0.370. The molecule has 1 N–H and O–H groups in total. The zero-order chi connectivity index (χ0) is 22.0. The minimum atomic E-state index is -0.861. The Kier molecular flexibility index (Phi) is 4.36. The summed E-state index contributed by atoms with van der Waals surface area (Å²) in [6.07, 6.45) is 5.75. The molecule has 3 fully saturated rings. The van der Waals surface area contributed by atoms with Crippen LogP contribution in [0.15, 0.2) is 66.7 Å². The average molecular weight is 427 g/mol. The van der Waals surface area contributed by atoms with Crippen molar-refractivity contribution in [3.63, 3.8) is 0 Å². The number of carbonyl (C=O) groups is 3. The van der Waals surface area contributed by atoms with Crippen molar-refractivity contribution in [1.82, 2.24) is 4.90 Å². The Morgan fingerprint density at radius 3 is 2.12 bits per heavy atom. The van der Waals surface area contributed by atoms with Gasteiger partial charge in [-0.3, -0.25) is 19.3 Å². The van der Waals surface area contributed by atoms with Gasteiger partial charge < -0.3 is 5.32 Å². The second kappa shape index (κ2) is 7.16. The van der Waals surface area contributed by atoms with E-state index < -0.39 is 6.04 Å². The van der Waals surface area contributed by atoms with Crippen LogP contribution in [0.3, 0.4) is 0 Å². The highest BCUT2D eigenvalue weighted by Gasteiger charge is 2.67. The molecule has 7 rings (SSSR count). The molecule has 0 aromatic heterocycles. The molecule has 2 bridgehead atoms. The number of hydrogen-bond acceptors (Lipinski definition) is 3. The van der Waals surface area contributed by atoms with Gasteiger partial charge in [-0.05, 0) is 54.7 Å². The number of aryl methyl sites for hydroxylation is 1. The summed E-state index contributed by atoms with van der Waals surface area (Å²) in [6, 6.07) is 16.3. The van der Waals surface area contributed by atoms with Crippen LogP contribution in [0, 0.1) is 42.4 Å². The second-order valence-electron chi connectivity index (χ2n) is 9.76. The van der Waals surface area contributed by atoms with E-state index in [-0.39, 0.29) is 41.4 Å². The van der Waals surface area contributed by atoms with E-state index in [1.165, 1.54) is 4.90 Å². The molecule has 5 nitrogen and oxygen atoms in total. The van der Waals surface area contributed by atoms with E-state index in [0.717, 1.165) is 17.5 Å². The summed E-state index contributed by atoms with van der Waals surface area (Å²) in [6.45, 7) is 1.99. The Hall–Kier alpha value is -3.21. The molecule has 4 aliphatic carbocycles. The normalized spacial score (nSPS) is 32.5. The van der Waals surface area contributed by atoms with Crippen LogP contribution in [0.5, 0.6) is 0 Å². The predicted octanol–water partition coefficient (Wildman–Crippen LogP) is 3.60. The zero-order valence-electron chi connectivity index (χ0n) is 18.0. The lowest BCUT2D eigenvalue weighted by Gasteiger charge is -2.37. The Labute approximate surface area is 187 Å². The summed E-state index contributed by atoms with van der Waals surface area (Å²) < 4.78 is 0. The van der Waals surface area contributed by atoms with Crippen LogP contribution < -0.4 is 5.32 Å². The summed E-state index contributed by atoms with van der Waals surface area (Å²) in [5.74, 6) is 0.132. The number of amides is 3. The third-order valence-corrected chi connectivity index (χ3v) is 7.90. The first-order chi connectivity index (χ1) is 15.5. The van der Waals surface area contributed by atoms with Gasteiger partial charge in [-0.25, -0.2) is 0 Å². The highest BCUT2D eigenvalue weighted by molar-refractivity contribution is 6.10. The number of likely N-dealkylation sites (tertiary alicyclic amines) is 1. The van der Waals surface area contributed by atoms with E-state index in [1.807, 2.05) is 61.5 Å². The number of anilines is 1. The first kappa shape index (κ1) is 19.5. The smallest absolute Gasteiger partial charge is 0.248 e. The Balaban J connectivity index is 1.33. The SMILES string of the molecule is Cc1ccc(NC(=O)[C@@H](Cc2ccccc2)N2C(=O)[C@@H]3[C@@H]4C=C[C@H]([C@H]5C[C@H]45)[C@@H]3C2=O)cc1. The minimum absolute atomic E-state index is 0.147. The van der Waals surface area contributed by atoms with Crippen LogP contribution in [0.1, 0.15) is 17.5 Å². The molecule has 3 amide bonds. The molecule has 7 atom stereocenters. The number of hydrogen-bond donors (Lipinski definition) is 1. The second-order valence-corrected chi connectivity index (χ2v) is 9.76. The first-order valence-corrected chi connectivity index (χ1v) is 11.5. The lowest BCUT2D eigenvalue weighted by molar-refractivity contribution is -0.146. The zero-order valence-corrected chi connectivity index (χ0v) is 18.0. The van der Waals surface area contributed by atoms with Gasteiger partial charge in [0.25, 0.3) is 0 Å². The van der Waals surface area contributed by atoms with Gasteiger partial charge in [0.15, 0.2) is 0 Å². The van der Waals surface area contributed by atoms with Gasteiger partial charge in [-0.15, -0.1) is 0 Å². The Bertz CT molecular complexity index is 1090. The third-order valence-electron chi connectivity index (χ3n) is 7.90. The molecule has 2 aromatic rings. The molecule has 1 heterocycles. The summed E-state index contributed by atoms with van der Waals surface area (Å²) >= 11 is 0. The van der Waals surface area contributed by atoms with Gasteiger partial charge in [-0.1, -0.05) is 60.2 Å². The van der Waals surface area contributed by atoms with Gasteiger partial charge >= 0.3 is 0 Å². The molecular weight excluding hydrogens is 400 g/mol. The Morgan fingerprint density at radius 1 is 0.938 bits per heavy atom. The molecule has 2 aromatic carbocycles. The van der Waals surface area contributed by atoms with E-state index in [9.17, 15) is 14.4 Å². The van der Waals surface area contributed by atoms with Crippen molar-refractivity contribution >= 4 is 23.4 Å². The highest BCUT2D eigenvalue weighted by atomic mass is 16.2. The third kappa shape index (κ3) is 2.94. The van der Waals surface area contributed by atoms with E-state index in [2.05, 4.69) is 17.5 Å². The van der Waals surface area contributed by atoms with Crippen LogP contribution in [0.2, 0.25) is 0 Å². The fourth-order valence-corrected chi connectivity index (χ4v) is 6.29. The largest absolute Gasteiger partial charge is 0.324 e. The number of rotatable bonds is 5. The van der Waals surface area contributed by atoms with Gasteiger partial charge in [0, 0.05) is 12.1 Å². The molecule has 1 saturated heterocycles. The number of nitrogens with one attached hydrogen (secondary N) is 1. The van der Waals surface area contributed by atoms with Gasteiger partial charge in [0.2, 0.25) is 17.7 Å². The summed E-state index contributed by atoms with van der Waals surface area (Å²) in [4.78, 5) is 42.0. The van der Waals surface area contributed by atoms with Crippen LogP contribution in [-0.2, 0) is 20.8 Å². The number of nitrogens with zero attached hydrogens (tertiary/aromatic N) is 1. The number of imide groups is 1. The van der Waals surface area contributed by atoms with Crippen molar-refractivity contribution in [2.45, 2.75) is 25.8 Å². The molecule has 5 heteroatoms. The van der Waals surface area contributed by atoms with Gasteiger partial charge in [-0.2, -0.15) is 0 Å². The first-order valence-electron chi connectivity index (χ1n) is 11.5. The maximum atomic E-state index is 13.6. The lowest BCUT2D eigenvalue weighted by atomic mass is 9.63. The average Bonchev–Trinajstić information content (AvgIpc) is 3.58. The van der Waals surface area contributed by atoms with Crippen LogP contribution in [0.4, 0.5) is 5.69 Å².